The fraction of sp³-hybridized carbons (Fsp3) is 0.333. The number of aryl methyl sites for hydroxylation is 1. The number of nitrogens with zero attached hydrogens (tertiary/aromatic N) is 2. The SMILES string of the molecule is CCc1c(N)cc(C(F)(F)F)cc1N.CCc1c([N+](=O)[O-])cc(C(F)(F)F)cc1[N+](=O)[O-].CCc1ccc(C(F)(F)F)cc1. The molecule has 0 aliphatic carbocycles. The van der Waals surface area contributed by atoms with Crippen LogP contribution in [0.4, 0.5) is 62.3 Å². The molecule has 0 radical (unpaired) electrons. The predicted molar refractivity (Wildman–Crippen MR) is 145 cm³/mol. The van der Waals surface area contributed by atoms with Gasteiger partial charge in [-0.1, -0.05) is 32.9 Å². The summed E-state index contributed by atoms with van der Waals surface area (Å²) in [6.45, 7) is 5.08. The maximum atomic E-state index is 12.5. The molecule has 17 heteroatoms. The Hall–Kier alpha value is -4.57. The minimum absolute atomic E-state index is 0.0971. The van der Waals surface area contributed by atoms with Gasteiger partial charge in [-0.2, -0.15) is 39.5 Å². The Morgan fingerprint density at radius 1 is 0.568 bits per heavy atom. The summed E-state index contributed by atoms with van der Waals surface area (Å²) in [6.07, 6.45) is -12.3. The third-order valence-electron chi connectivity index (χ3n) is 5.97. The molecule has 0 saturated carbocycles. The Morgan fingerprint density at radius 2 is 0.909 bits per heavy atom. The van der Waals surface area contributed by atoms with Crippen molar-refractivity contribution in [3.05, 3.63) is 102 Å². The van der Waals surface area contributed by atoms with Crippen LogP contribution >= 0.6 is 0 Å². The minimum atomic E-state index is -4.87. The summed E-state index contributed by atoms with van der Waals surface area (Å²) in [5.74, 6) is 0. The van der Waals surface area contributed by atoms with Crippen molar-refractivity contribution in [2.45, 2.75) is 58.6 Å². The number of nitrogens with two attached hydrogens (primary N) is 2. The van der Waals surface area contributed by atoms with E-state index in [9.17, 15) is 59.7 Å². The lowest BCUT2D eigenvalue weighted by atomic mass is 10.0. The molecular weight excluding hydrogens is 615 g/mol. The lowest BCUT2D eigenvalue weighted by Crippen LogP contribution is -2.09. The smallest absolute Gasteiger partial charge is 0.398 e. The summed E-state index contributed by atoms with van der Waals surface area (Å²) >= 11 is 0. The summed E-state index contributed by atoms with van der Waals surface area (Å²) in [5, 5.41) is 21.3. The van der Waals surface area contributed by atoms with E-state index in [4.69, 9.17) is 11.5 Å². The highest BCUT2D eigenvalue weighted by molar-refractivity contribution is 5.63. The first kappa shape index (κ1) is 37.5. The van der Waals surface area contributed by atoms with E-state index in [0.717, 1.165) is 36.2 Å². The molecule has 0 aliphatic rings. The maximum absolute atomic E-state index is 12.5. The van der Waals surface area contributed by atoms with E-state index >= 15 is 0 Å². The number of alkyl halides is 9. The Labute approximate surface area is 244 Å². The van der Waals surface area contributed by atoms with Crippen molar-refractivity contribution in [1.82, 2.24) is 0 Å². The molecule has 0 fully saturated rings. The van der Waals surface area contributed by atoms with Gasteiger partial charge in [-0.25, -0.2) is 0 Å². The van der Waals surface area contributed by atoms with Crippen LogP contribution in [-0.4, -0.2) is 9.85 Å². The molecule has 3 rings (SSSR count). The Bertz CT molecular complexity index is 1400. The Kier molecular flexibility index (Phi) is 12.6. The molecule has 44 heavy (non-hydrogen) atoms. The van der Waals surface area contributed by atoms with Gasteiger partial charge in [0.25, 0.3) is 11.4 Å². The molecular formula is C27H27F9N4O4. The minimum Gasteiger partial charge on any atom is -0.398 e. The molecule has 0 aromatic heterocycles. The van der Waals surface area contributed by atoms with E-state index < -0.39 is 56.4 Å². The quantitative estimate of drug-likeness (QED) is 0.123. The zero-order chi connectivity index (χ0) is 34.2. The highest BCUT2D eigenvalue weighted by atomic mass is 19.4. The number of halogens is 9. The molecule has 0 amide bonds. The number of hydrogen-bond donors (Lipinski definition) is 2. The van der Waals surface area contributed by atoms with Gasteiger partial charge in [0.1, 0.15) is 5.56 Å². The van der Waals surface area contributed by atoms with Crippen molar-refractivity contribution < 1.29 is 49.4 Å². The molecule has 0 unspecified atom stereocenters. The van der Waals surface area contributed by atoms with E-state index in [1.165, 1.54) is 19.1 Å². The van der Waals surface area contributed by atoms with Gasteiger partial charge in [0.05, 0.1) is 26.5 Å². The molecule has 0 saturated heterocycles. The molecule has 0 aliphatic heterocycles. The van der Waals surface area contributed by atoms with Crippen molar-refractivity contribution in [2.75, 3.05) is 11.5 Å². The highest BCUT2D eigenvalue weighted by Gasteiger charge is 2.37. The zero-order valence-electron chi connectivity index (χ0n) is 23.3. The lowest BCUT2D eigenvalue weighted by Gasteiger charge is -2.12. The van der Waals surface area contributed by atoms with Gasteiger partial charge in [0.15, 0.2) is 0 Å². The fourth-order valence-electron chi connectivity index (χ4n) is 3.71. The van der Waals surface area contributed by atoms with Crippen LogP contribution in [-0.2, 0) is 37.8 Å². The van der Waals surface area contributed by atoms with Crippen LogP contribution in [0, 0.1) is 20.2 Å². The van der Waals surface area contributed by atoms with Gasteiger partial charge in [-0.3, -0.25) is 20.2 Å². The van der Waals surface area contributed by atoms with Gasteiger partial charge < -0.3 is 11.5 Å². The van der Waals surface area contributed by atoms with Crippen LogP contribution in [0.3, 0.4) is 0 Å². The molecule has 8 nitrogen and oxygen atoms in total. The molecule has 4 N–H and O–H groups in total. The number of hydrogen-bond acceptors (Lipinski definition) is 6. The lowest BCUT2D eigenvalue weighted by molar-refractivity contribution is -0.395. The molecule has 0 bridgehead atoms. The number of nitro benzene ring substituents is 2. The number of nitro groups is 2. The largest absolute Gasteiger partial charge is 0.416 e. The molecule has 3 aromatic rings. The predicted octanol–water partition coefficient (Wildman–Crippen LogP) is 8.78. The first-order chi connectivity index (χ1) is 20.1. The van der Waals surface area contributed by atoms with Crippen LogP contribution in [0.25, 0.3) is 0 Å². The molecule has 3 aromatic carbocycles. The van der Waals surface area contributed by atoms with E-state index in [0.29, 0.717) is 24.1 Å². The average Bonchev–Trinajstić information content (AvgIpc) is 2.91. The summed E-state index contributed by atoms with van der Waals surface area (Å²) in [7, 11) is 0. The summed E-state index contributed by atoms with van der Waals surface area (Å²) in [5.41, 5.74) is 7.69. The van der Waals surface area contributed by atoms with E-state index in [2.05, 4.69) is 0 Å². The summed E-state index contributed by atoms with van der Waals surface area (Å²) in [4.78, 5) is 19.2. The van der Waals surface area contributed by atoms with Crippen molar-refractivity contribution in [3.63, 3.8) is 0 Å². The normalized spacial score (nSPS) is 11.5. The first-order valence-electron chi connectivity index (χ1n) is 12.5. The Balaban J connectivity index is 0.000000337. The van der Waals surface area contributed by atoms with Gasteiger partial charge in [-0.05, 0) is 54.7 Å². The third-order valence-corrected chi connectivity index (χ3v) is 5.97. The van der Waals surface area contributed by atoms with E-state index in [1.807, 2.05) is 6.92 Å². The van der Waals surface area contributed by atoms with Gasteiger partial charge in [0, 0.05) is 23.5 Å². The van der Waals surface area contributed by atoms with E-state index in [1.54, 1.807) is 6.92 Å². The summed E-state index contributed by atoms with van der Waals surface area (Å²) < 4.78 is 110. The van der Waals surface area contributed by atoms with Crippen LogP contribution < -0.4 is 11.5 Å². The zero-order valence-corrected chi connectivity index (χ0v) is 23.3. The van der Waals surface area contributed by atoms with Crippen molar-refractivity contribution >= 4 is 22.7 Å². The van der Waals surface area contributed by atoms with Crippen LogP contribution in [0.2, 0.25) is 0 Å². The second-order valence-corrected chi connectivity index (χ2v) is 8.89. The van der Waals surface area contributed by atoms with Crippen molar-refractivity contribution in [3.8, 4) is 0 Å². The highest BCUT2D eigenvalue weighted by Crippen LogP contribution is 2.38. The monoisotopic (exact) mass is 642 g/mol. The van der Waals surface area contributed by atoms with Gasteiger partial charge in [-0.15, -0.1) is 0 Å². The van der Waals surface area contributed by atoms with Gasteiger partial charge >= 0.3 is 18.5 Å². The topological polar surface area (TPSA) is 138 Å². The van der Waals surface area contributed by atoms with E-state index in [-0.39, 0.29) is 23.4 Å². The standard InChI is InChI=1S/C9H7F3N2O4.C9H11F3N2.C9H9F3/c1-2-6-7(13(15)16)3-5(9(10,11)12)4-8(6)14(17)18;1-2-6-7(13)3-5(4-8(6)14)9(10,11)12;1-2-7-3-5-8(6-4-7)9(10,11)12/h3-4H,2H2,1H3;3-4H,2,13-14H2,1H3;3-6H,2H2,1H3. The number of anilines is 2. The first-order valence-corrected chi connectivity index (χ1v) is 12.5. The number of benzene rings is 3. The number of nitrogen functional groups attached to an aromatic ring is 2. The second-order valence-electron chi connectivity index (χ2n) is 8.89. The third kappa shape index (κ3) is 10.3. The Morgan fingerprint density at radius 3 is 1.18 bits per heavy atom. The second kappa shape index (κ2) is 14.7. The van der Waals surface area contributed by atoms with Crippen LogP contribution in [0.1, 0.15) is 54.2 Å². The van der Waals surface area contributed by atoms with Gasteiger partial charge in [0.2, 0.25) is 0 Å². The molecule has 0 atom stereocenters. The van der Waals surface area contributed by atoms with Crippen LogP contribution in [0.5, 0.6) is 0 Å². The van der Waals surface area contributed by atoms with Crippen molar-refractivity contribution in [2.24, 2.45) is 0 Å². The average molecular weight is 643 g/mol. The summed E-state index contributed by atoms with van der Waals surface area (Å²) in [6, 6.07) is 7.67. The van der Waals surface area contributed by atoms with Crippen molar-refractivity contribution in [1.29, 1.82) is 0 Å². The molecule has 0 heterocycles. The number of rotatable bonds is 5. The molecule has 242 valence electrons. The van der Waals surface area contributed by atoms with Crippen LogP contribution in [0.15, 0.2) is 48.5 Å². The molecule has 0 spiro atoms. The maximum Gasteiger partial charge on any atom is 0.416 e. The fourth-order valence-corrected chi connectivity index (χ4v) is 3.71.